The molecule has 0 aliphatic heterocycles. The van der Waals surface area contributed by atoms with Gasteiger partial charge in [0.1, 0.15) is 5.52 Å². The minimum absolute atomic E-state index is 0.0464. The number of benzene rings is 1. The van der Waals surface area contributed by atoms with Crippen molar-refractivity contribution in [2.24, 2.45) is 5.10 Å². The maximum absolute atomic E-state index is 12.4. The Hall–Kier alpha value is -3.59. The number of carbonyl (C=O) groups excluding carboxylic acids is 1. The number of hydrazone groups is 1. The Morgan fingerprint density at radius 2 is 2.08 bits per heavy atom. The van der Waals surface area contributed by atoms with Crippen LogP contribution in [-0.2, 0) is 0 Å². The van der Waals surface area contributed by atoms with Gasteiger partial charge in [-0.1, -0.05) is 24.3 Å². The lowest BCUT2D eigenvalue weighted by Gasteiger charge is -2.03. The molecule has 0 atom stereocenters. The van der Waals surface area contributed by atoms with E-state index in [0.717, 1.165) is 4.88 Å². The van der Waals surface area contributed by atoms with Crippen LogP contribution in [-0.4, -0.2) is 32.1 Å². The molecule has 128 valence electrons. The molecule has 1 aromatic carbocycles. The Morgan fingerprint density at radius 1 is 1.23 bits per heavy atom. The summed E-state index contributed by atoms with van der Waals surface area (Å²) in [5.41, 5.74) is 2.99. The highest BCUT2D eigenvalue weighted by Crippen LogP contribution is 2.16. The number of carbonyl (C=O) groups is 1. The van der Waals surface area contributed by atoms with Gasteiger partial charge in [0.15, 0.2) is 5.69 Å². The van der Waals surface area contributed by atoms with Gasteiger partial charge in [-0.2, -0.15) is 15.3 Å². The van der Waals surface area contributed by atoms with Crippen molar-refractivity contribution in [2.75, 3.05) is 0 Å². The van der Waals surface area contributed by atoms with Gasteiger partial charge >= 0.3 is 0 Å². The molecule has 0 bridgehead atoms. The Balaban J connectivity index is 1.70. The molecule has 3 aromatic heterocycles. The highest BCUT2D eigenvalue weighted by atomic mass is 32.1. The van der Waals surface area contributed by atoms with Gasteiger partial charge < -0.3 is 0 Å². The molecule has 2 N–H and O–H groups in total. The number of thiophene rings is 1. The van der Waals surface area contributed by atoms with Crippen LogP contribution in [0, 0.1) is 0 Å². The molecule has 0 spiro atoms. The lowest BCUT2D eigenvalue weighted by atomic mass is 10.2. The number of H-pyrrole nitrogens is 1. The summed E-state index contributed by atoms with van der Waals surface area (Å²) in [4.78, 5) is 25.5. The average Bonchev–Trinajstić information content (AvgIpc) is 3.33. The van der Waals surface area contributed by atoms with Crippen molar-refractivity contribution >= 4 is 34.4 Å². The van der Waals surface area contributed by atoms with E-state index in [2.05, 4.69) is 25.8 Å². The molecular weight excluding hydrogens is 352 g/mol. The molecule has 0 aliphatic rings. The van der Waals surface area contributed by atoms with E-state index in [1.54, 1.807) is 6.21 Å². The summed E-state index contributed by atoms with van der Waals surface area (Å²) in [7, 11) is 0. The predicted octanol–water partition coefficient (Wildman–Crippen LogP) is 1.93. The number of hydrogen-bond acceptors (Lipinski definition) is 6. The van der Waals surface area contributed by atoms with Gasteiger partial charge in [0.05, 0.1) is 23.5 Å². The molecule has 0 saturated heterocycles. The van der Waals surface area contributed by atoms with E-state index < -0.39 is 11.5 Å². The van der Waals surface area contributed by atoms with Crippen LogP contribution in [0.3, 0.4) is 0 Å². The molecule has 0 saturated carbocycles. The molecule has 0 unspecified atom stereocenters. The first-order valence-electron chi connectivity index (χ1n) is 7.63. The fourth-order valence-electron chi connectivity index (χ4n) is 2.47. The second-order valence-electron chi connectivity index (χ2n) is 5.27. The Kier molecular flexibility index (Phi) is 4.12. The van der Waals surface area contributed by atoms with Crippen LogP contribution in [0.1, 0.15) is 15.4 Å². The Morgan fingerprint density at radius 3 is 2.85 bits per heavy atom. The smallest absolute Gasteiger partial charge is 0.266 e. The summed E-state index contributed by atoms with van der Waals surface area (Å²) < 4.78 is 1.47. The zero-order chi connectivity index (χ0) is 17.9. The fourth-order valence-corrected chi connectivity index (χ4v) is 3.06. The first-order chi connectivity index (χ1) is 12.7. The second-order valence-corrected chi connectivity index (χ2v) is 6.25. The molecule has 8 nitrogen and oxygen atoms in total. The van der Waals surface area contributed by atoms with Crippen molar-refractivity contribution in [2.45, 2.75) is 0 Å². The summed E-state index contributed by atoms with van der Waals surface area (Å²) in [5, 5.41) is 16.6. The summed E-state index contributed by atoms with van der Waals surface area (Å²) in [6.07, 6.45) is 2.99. The number of aromatic amines is 1. The van der Waals surface area contributed by atoms with Gasteiger partial charge in [-0.05, 0) is 23.6 Å². The molecule has 0 radical (unpaired) electrons. The maximum atomic E-state index is 12.4. The third-order valence-electron chi connectivity index (χ3n) is 3.63. The van der Waals surface area contributed by atoms with Crippen molar-refractivity contribution in [1.29, 1.82) is 0 Å². The number of para-hydroxylation sites is 1. The zero-order valence-electron chi connectivity index (χ0n) is 13.3. The normalized spacial score (nSPS) is 11.2. The third-order valence-corrected chi connectivity index (χ3v) is 4.43. The van der Waals surface area contributed by atoms with Crippen molar-refractivity contribution in [3.63, 3.8) is 0 Å². The number of fused-ring (bicyclic) bond motifs is 1. The Bertz CT molecular complexity index is 1150. The number of hydrogen-bond donors (Lipinski definition) is 2. The monoisotopic (exact) mass is 364 g/mol. The van der Waals surface area contributed by atoms with Crippen LogP contribution >= 0.6 is 11.3 Å². The quantitative estimate of drug-likeness (QED) is 0.426. The maximum Gasteiger partial charge on any atom is 0.292 e. The van der Waals surface area contributed by atoms with Crippen molar-refractivity contribution < 1.29 is 4.79 Å². The molecule has 9 heteroatoms. The summed E-state index contributed by atoms with van der Waals surface area (Å²) >= 11 is 1.50. The SMILES string of the molecule is O=C(N/N=C/c1cccs1)c1n[nH]c(=O)c2c1cnn2-c1ccccc1. The van der Waals surface area contributed by atoms with Crippen LogP contribution in [0.4, 0.5) is 0 Å². The van der Waals surface area contributed by atoms with Crippen molar-refractivity contribution in [1.82, 2.24) is 25.4 Å². The average molecular weight is 364 g/mol. The van der Waals surface area contributed by atoms with Crippen molar-refractivity contribution in [3.05, 3.63) is 75.0 Å². The van der Waals surface area contributed by atoms with E-state index in [4.69, 9.17) is 0 Å². The van der Waals surface area contributed by atoms with E-state index in [1.165, 1.54) is 22.2 Å². The topological polar surface area (TPSA) is 105 Å². The van der Waals surface area contributed by atoms with Crippen LogP contribution in [0.25, 0.3) is 16.6 Å². The highest BCUT2D eigenvalue weighted by Gasteiger charge is 2.18. The minimum Gasteiger partial charge on any atom is -0.266 e. The van der Waals surface area contributed by atoms with Crippen molar-refractivity contribution in [3.8, 4) is 5.69 Å². The third kappa shape index (κ3) is 2.91. The molecule has 4 aromatic rings. The highest BCUT2D eigenvalue weighted by molar-refractivity contribution is 7.11. The van der Waals surface area contributed by atoms with Crippen LogP contribution in [0.5, 0.6) is 0 Å². The molecule has 26 heavy (non-hydrogen) atoms. The van der Waals surface area contributed by atoms with E-state index in [0.29, 0.717) is 11.1 Å². The minimum atomic E-state index is -0.535. The fraction of sp³-hybridized carbons (Fsp3) is 0. The van der Waals surface area contributed by atoms with Crippen LogP contribution < -0.4 is 11.0 Å². The van der Waals surface area contributed by atoms with Gasteiger partial charge in [-0.3, -0.25) is 9.59 Å². The standard InChI is InChI=1S/C17H12N6O2S/c24-16(21-18-9-12-7-4-8-26-12)14-13-10-19-23(11-5-2-1-3-6-11)15(13)17(25)22-20-14/h1-10H,(H,21,24)(H,22,25)/b18-9+. The number of amides is 1. The summed E-state index contributed by atoms with van der Waals surface area (Å²) in [6, 6.07) is 12.9. The summed E-state index contributed by atoms with van der Waals surface area (Å²) in [5.74, 6) is -0.535. The molecular formula is C17H12N6O2S. The van der Waals surface area contributed by atoms with E-state index >= 15 is 0 Å². The Labute approximate surface area is 150 Å². The predicted molar refractivity (Wildman–Crippen MR) is 98.9 cm³/mol. The molecule has 0 aliphatic carbocycles. The number of nitrogens with one attached hydrogen (secondary N) is 2. The van der Waals surface area contributed by atoms with Gasteiger partial charge in [-0.25, -0.2) is 15.2 Å². The van der Waals surface area contributed by atoms with Gasteiger partial charge in [0.2, 0.25) is 0 Å². The zero-order valence-corrected chi connectivity index (χ0v) is 14.1. The van der Waals surface area contributed by atoms with Crippen LogP contribution in [0.15, 0.2) is 63.9 Å². The van der Waals surface area contributed by atoms with E-state index in [1.807, 2.05) is 47.8 Å². The van der Waals surface area contributed by atoms with Crippen LogP contribution in [0.2, 0.25) is 0 Å². The summed E-state index contributed by atoms with van der Waals surface area (Å²) in [6.45, 7) is 0. The molecule has 1 amide bonds. The van der Waals surface area contributed by atoms with Gasteiger partial charge in [0.25, 0.3) is 11.5 Å². The molecule has 0 fully saturated rings. The number of aromatic nitrogens is 4. The first kappa shape index (κ1) is 15.9. The number of rotatable bonds is 4. The lowest BCUT2D eigenvalue weighted by Crippen LogP contribution is -2.23. The van der Waals surface area contributed by atoms with E-state index in [-0.39, 0.29) is 11.2 Å². The second kappa shape index (κ2) is 6.73. The van der Waals surface area contributed by atoms with Gasteiger partial charge in [-0.15, -0.1) is 11.3 Å². The van der Waals surface area contributed by atoms with E-state index in [9.17, 15) is 9.59 Å². The lowest BCUT2D eigenvalue weighted by molar-refractivity contribution is 0.0951. The first-order valence-corrected chi connectivity index (χ1v) is 8.51. The largest absolute Gasteiger partial charge is 0.292 e. The molecule has 4 rings (SSSR count). The van der Waals surface area contributed by atoms with Gasteiger partial charge in [0, 0.05) is 4.88 Å². The molecule has 3 heterocycles. The number of nitrogens with zero attached hydrogens (tertiary/aromatic N) is 4.